The van der Waals surface area contributed by atoms with E-state index in [1.165, 1.54) is 6.07 Å². The Morgan fingerprint density at radius 3 is 2.75 bits per heavy atom. The highest BCUT2D eigenvalue weighted by Gasteiger charge is 2.31. The Hall–Kier alpha value is -1.08. The van der Waals surface area contributed by atoms with Gasteiger partial charge in [0, 0.05) is 17.1 Å². The molecule has 0 saturated carbocycles. The van der Waals surface area contributed by atoms with E-state index in [2.05, 4.69) is 26.6 Å². The van der Waals surface area contributed by atoms with E-state index in [1.54, 1.807) is 0 Å². The Balaban J connectivity index is 2.16. The first-order valence-electron chi connectivity index (χ1n) is 6.26. The monoisotopic (exact) mass is 350 g/mol. The minimum Gasteiger partial charge on any atom is -0.348 e. The molecule has 1 aliphatic rings. The van der Waals surface area contributed by atoms with Gasteiger partial charge in [-0.1, -0.05) is 0 Å². The average Bonchev–Trinajstić information content (AvgIpc) is 2.39. The molecular formula is C13H14BrF3N2O. The third-order valence-electron chi connectivity index (χ3n) is 3.17. The van der Waals surface area contributed by atoms with E-state index in [1.807, 2.05) is 0 Å². The van der Waals surface area contributed by atoms with Gasteiger partial charge in [-0.15, -0.1) is 0 Å². The first kappa shape index (κ1) is 15.3. The van der Waals surface area contributed by atoms with Crippen LogP contribution in [0.25, 0.3) is 0 Å². The molecule has 1 atom stereocenters. The van der Waals surface area contributed by atoms with Crippen molar-refractivity contribution in [2.75, 3.05) is 13.1 Å². The van der Waals surface area contributed by atoms with Crippen LogP contribution in [0.15, 0.2) is 22.7 Å². The SMILES string of the molecule is O=C(NC1CCCNC1)c1cc(C(F)(F)F)ccc1Br. The summed E-state index contributed by atoms with van der Waals surface area (Å²) in [4.78, 5) is 12.1. The summed E-state index contributed by atoms with van der Waals surface area (Å²) in [5, 5.41) is 5.89. The number of nitrogens with one attached hydrogen (secondary N) is 2. The first-order chi connectivity index (χ1) is 9.38. The van der Waals surface area contributed by atoms with Crippen LogP contribution in [-0.4, -0.2) is 25.0 Å². The molecule has 1 amide bonds. The molecule has 110 valence electrons. The summed E-state index contributed by atoms with van der Waals surface area (Å²) < 4.78 is 38.3. The van der Waals surface area contributed by atoms with E-state index in [0.717, 1.165) is 31.5 Å². The molecule has 0 bridgehead atoms. The normalized spacial score (nSPS) is 19.7. The van der Waals surface area contributed by atoms with Crippen LogP contribution in [0.1, 0.15) is 28.8 Å². The Kier molecular flexibility index (Phi) is 4.70. The molecule has 1 heterocycles. The van der Waals surface area contributed by atoms with Crippen molar-refractivity contribution in [2.45, 2.75) is 25.1 Å². The van der Waals surface area contributed by atoms with Crippen molar-refractivity contribution in [3.63, 3.8) is 0 Å². The van der Waals surface area contributed by atoms with Crippen LogP contribution in [0.5, 0.6) is 0 Å². The molecule has 2 N–H and O–H groups in total. The smallest absolute Gasteiger partial charge is 0.348 e. The van der Waals surface area contributed by atoms with E-state index in [9.17, 15) is 18.0 Å². The second-order valence-electron chi connectivity index (χ2n) is 4.71. The highest BCUT2D eigenvalue weighted by molar-refractivity contribution is 9.10. The number of halogens is 4. The molecule has 1 aliphatic heterocycles. The van der Waals surface area contributed by atoms with Gasteiger partial charge in [-0.2, -0.15) is 13.2 Å². The molecule has 1 unspecified atom stereocenters. The van der Waals surface area contributed by atoms with Gasteiger partial charge in [0.2, 0.25) is 0 Å². The molecular weight excluding hydrogens is 337 g/mol. The molecule has 0 spiro atoms. The maximum Gasteiger partial charge on any atom is 0.416 e. The van der Waals surface area contributed by atoms with Crippen LogP contribution >= 0.6 is 15.9 Å². The quantitative estimate of drug-likeness (QED) is 0.860. The van der Waals surface area contributed by atoms with E-state index < -0.39 is 17.6 Å². The second kappa shape index (κ2) is 6.13. The average molecular weight is 351 g/mol. The number of rotatable bonds is 2. The number of hydrogen-bond acceptors (Lipinski definition) is 2. The maximum absolute atomic E-state index is 12.7. The van der Waals surface area contributed by atoms with Crippen molar-refractivity contribution in [3.8, 4) is 0 Å². The fourth-order valence-electron chi connectivity index (χ4n) is 2.11. The standard InChI is InChI=1S/C13H14BrF3N2O/c14-11-4-3-8(13(15,16)17)6-10(11)12(20)19-9-2-1-5-18-7-9/h3-4,6,9,18H,1-2,5,7H2,(H,19,20). The molecule has 1 aromatic rings. The van der Waals surface area contributed by atoms with Crippen molar-refractivity contribution < 1.29 is 18.0 Å². The summed E-state index contributed by atoms with van der Waals surface area (Å²) >= 11 is 3.12. The number of carbonyl (C=O) groups excluding carboxylic acids is 1. The molecule has 0 aromatic heterocycles. The van der Waals surface area contributed by atoms with Gasteiger partial charge in [0.25, 0.3) is 5.91 Å². The van der Waals surface area contributed by atoms with Gasteiger partial charge in [0.1, 0.15) is 0 Å². The minimum atomic E-state index is -4.46. The predicted molar refractivity (Wildman–Crippen MR) is 72.5 cm³/mol. The molecule has 3 nitrogen and oxygen atoms in total. The number of amides is 1. The molecule has 20 heavy (non-hydrogen) atoms. The molecule has 0 aliphatic carbocycles. The zero-order chi connectivity index (χ0) is 14.8. The van der Waals surface area contributed by atoms with Crippen molar-refractivity contribution in [2.24, 2.45) is 0 Å². The van der Waals surface area contributed by atoms with Crippen LogP contribution in [0.2, 0.25) is 0 Å². The number of alkyl halides is 3. The topological polar surface area (TPSA) is 41.1 Å². The lowest BCUT2D eigenvalue weighted by Gasteiger charge is -2.24. The number of piperidine rings is 1. The predicted octanol–water partition coefficient (Wildman–Crippen LogP) is 2.95. The summed E-state index contributed by atoms with van der Waals surface area (Å²) in [5.74, 6) is -0.489. The van der Waals surface area contributed by atoms with Crippen molar-refractivity contribution >= 4 is 21.8 Å². The summed E-state index contributed by atoms with van der Waals surface area (Å²) in [5.41, 5.74) is -0.821. The minimum absolute atomic E-state index is 0.00500. The highest BCUT2D eigenvalue weighted by atomic mass is 79.9. The van der Waals surface area contributed by atoms with Crippen LogP contribution in [0, 0.1) is 0 Å². The van der Waals surface area contributed by atoms with Gasteiger partial charge < -0.3 is 10.6 Å². The second-order valence-corrected chi connectivity index (χ2v) is 5.56. The van der Waals surface area contributed by atoms with Gasteiger partial charge in [0.05, 0.1) is 11.1 Å². The molecule has 1 saturated heterocycles. The lowest BCUT2D eigenvalue weighted by atomic mass is 10.1. The zero-order valence-corrected chi connectivity index (χ0v) is 12.1. The van der Waals surface area contributed by atoms with E-state index in [0.29, 0.717) is 11.0 Å². The lowest BCUT2D eigenvalue weighted by Crippen LogP contribution is -2.45. The van der Waals surface area contributed by atoms with E-state index >= 15 is 0 Å². The van der Waals surface area contributed by atoms with Gasteiger partial charge in [-0.3, -0.25) is 4.79 Å². The third-order valence-corrected chi connectivity index (χ3v) is 3.86. The van der Waals surface area contributed by atoms with Crippen molar-refractivity contribution in [3.05, 3.63) is 33.8 Å². The zero-order valence-electron chi connectivity index (χ0n) is 10.6. The van der Waals surface area contributed by atoms with Crippen LogP contribution in [0.3, 0.4) is 0 Å². The largest absolute Gasteiger partial charge is 0.416 e. The number of benzene rings is 1. The van der Waals surface area contributed by atoms with Gasteiger partial charge in [-0.25, -0.2) is 0 Å². The summed E-state index contributed by atoms with van der Waals surface area (Å²) in [6, 6.07) is 3.02. The Morgan fingerprint density at radius 1 is 1.40 bits per heavy atom. The Bertz CT molecular complexity index is 499. The third kappa shape index (κ3) is 3.73. The fraction of sp³-hybridized carbons (Fsp3) is 0.462. The Labute approximate surface area is 123 Å². The van der Waals surface area contributed by atoms with Gasteiger partial charge in [-0.05, 0) is 53.5 Å². The first-order valence-corrected chi connectivity index (χ1v) is 7.05. The molecule has 0 radical (unpaired) electrons. The van der Waals surface area contributed by atoms with Crippen molar-refractivity contribution in [1.29, 1.82) is 0 Å². The molecule has 1 fully saturated rings. The summed E-state index contributed by atoms with van der Waals surface area (Å²) in [6.45, 7) is 1.54. The van der Waals surface area contributed by atoms with Crippen LogP contribution < -0.4 is 10.6 Å². The van der Waals surface area contributed by atoms with Gasteiger partial charge in [0.15, 0.2) is 0 Å². The fourth-order valence-corrected chi connectivity index (χ4v) is 2.54. The van der Waals surface area contributed by atoms with Crippen LogP contribution in [-0.2, 0) is 6.18 Å². The molecule has 7 heteroatoms. The number of hydrogen-bond donors (Lipinski definition) is 2. The van der Waals surface area contributed by atoms with E-state index in [4.69, 9.17) is 0 Å². The summed E-state index contributed by atoms with van der Waals surface area (Å²) in [6.07, 6.45) is -2.69. The Morgan fingerprint density at radius 2 is 2.15 bits per heavy atom. The summed E-state index contributed by atoms with van der Waals surface area (Å²) in [7, 11) is 0. The van der Waals surface area contributed by atoms with E-state index in [-0.39, 0.29) is 11.6 Å². The van der Waals surface area contributed by atoms with Gasteiger partial charge >= 0.3 is 6.18 Å². The van der Waals surface area contributed by atoms with Crippen molar-refractivity contribution in [1.82, 2.24) is 10.6 Å². The number of carbonyl (C=O) groups is 1. The van der Waals surface area contributed by atoms with Crippen LogP contribution in [0.4, 0.5) is 13.2 Å². The maximum atomic E-state index is 12.7. The molecule has 2 rings (SSSR count). The highest BCUT2D eigenvalue weighted by Crippen LogP contribution is 2.31. The lowest BCUT2D eigenvalue weighted by molar-refractivity contribution is -0.137. The molecule has 1 aromatic carbocycles.